The summed E-state index contributed by atoms with van der Waals surface area (Å²) in [6.45, 7) is 3.12. The minimum absolute atomic E-state index is 0.0737. The Morgan fingerprint density at radius 1 is 1.19 bits per heavy atom. The maximum atomic E-state index is 13.4. The van der Waals surface area contributed by atoms with Crippen LogP contribution in [0.25, 0.3) is 5.70 Å². The Kier molecular flexibility index (Phi) is 4.81. The van der Waals surface area contributed by atoms with Gasteiger partial charge >= 0.3 is 6.18 Å². The van der Waals surface area contributed by atoms with Crippen LogP contribution in [0.4, 0.5) is 13.2 Å². The first-order valence-corrected chi connectivity index (χ1v) is 9.48. The van der Waals surface area contributed by atoms with Crippen molar-refractivity contribution in [3.05, 3.63) is 70.3 Å². The number of benzene rings is 2. The highest BCUT2D eigenvalue weighted by Gasteiger charge is 2.43. The highest BCUT2D eigenvalue weighted by molar-refractivity contribution is 6.04. The summed E-state index contributed by atoms with van der Waals surface area (Å²) in [6.07, 6.45) is -4.42. The summed E-state index contributed by atoms with van der Waals surface area (Å²) in [5.41, 5.74) is -0.260. The number of carbonyl (C=O) groups is 2. The lowest BCUT2D eigenvalue weighted by molar-refractivity contribution is -0.148. The summed E-state index contributed by atoms with van der Waals surface area (Å²) in [5.74, 6) is -0.198. The van der Waals surface area contributed by atoms with E-state index in [1.54, 1.807) is 38.1 Å². The number of alkyl halides is 3. The Morgan fingerprint density at radius 3 is 2.55 bits per heavy atom. The average Bonchev–Trinajstić information content (AvgIpc) is 3.03. The summed E-state index contributed by atoms with van der Waals surface area (Å²) in [7, 11) is 0. The van der Waals surface area contributed by atoms with Crippen LogP contribution in [-0.2, 0) is 17.5 Å². The molecule has 162 valence electrons. The van der Waals surface area contributed by atoms with Crippen LogP contribution in [0.5, 0.6) is 5.75 Å². The SMILES string of the molecule is CC1(C)Oc2ccc(C(F)(F)F)cc2C(N2Cc3ccccc3C2=O)=C1CN(O)C=O. The molecule has 0 fully saturated rings. The summed E-state index contributed by atoms with van der Waals surface area (Å²) < 4.78 is 46.2. The van der Waals surface area contributed by atoms with Crippen LogP contribution in [-0.4, -0.2) is 39.6 Å². The number of hydrogen-bond acceptors (Lipinski definition) is 4. The van der Waals surface area contributed by atoms with Gasteiger partial charge in [0, 0.05) is 16.7 Å². The van der Waals surface area contributed by atoms with Gasteiger partial charge in [0.15, 0.2) is 0 Å². The maximum absolute atomic E-state index is 13.4. The highest BCUT2D eigenvalue weighted by atomic mass is 19.4. The third kappa shape index (κ3) is 3.54. The zero-order chi connectivity index (χ0) is 22.6. The molecule has 6 nitrogen and oxygen atoms in total. The van der Waals surface area contributed by atoms with Crippen molar-refractivity contribution in [1.29, 1.82) is 0 Å². The van der Waals surface area contributed by atoms with Gasteiger partial charge in [0.2, 0.25) is 6.41 Å². The van der Waals surface area contributed by atoms with E-state index >= 15 is 0 Å². The van der Waals surface area contributed by atoms with Gasteiger partial charge < -0.3 is 9.64 Å². The first kappa shape index (κ1) is 20.9. The first-order valence-electron chi connectivity index (χ1n) is 9.48. The Morgan fingerprint density at radius 2 is 1.90 bits per heavy atom. The van der Waals surface area contributed by atoms with Crippen molar-refractivity contribution in [3.63, 3.8) is 0 Å². The van der Waals surface area contributed by atoms with Crippen molar-refractivity contribution in [2.24, 2.45) is 0 Å². The number of carbonyl (C=O) groups excluding carboxylic acids is 2. The zero-order valence-corrected chi connectivity index (χ0v) is 16.7. The normalized spacial score (nSPS) is 17.2. The molecule has 4 rings (SSSR count). The lowest BCUT2D eigenvalue weighted by Crippen LogP contribution is -2.42. The van der Waals surface area contributed by atoms with Gasteiger partial charge in [0.05, 0.1) is 24.4 Å². The summed E-state index contributed by atoms with van der Waals surface area (Å²) in [4.78, 5) is 25.6. The maximum Gasteiger partial charge on any atom is 0.416 e. The number of fused-ring (bicyclic) bond motifs is 2. The van der Waals surface area contributed by atoms with Gasteiger partial charge in [-0.3, -0.25) is 14.8 Å². The second-order valence-corrected chi connectivity index (χ2v) is 7.90. The number of hydrogen-bond donors (Lipinski definition) is 1. The Labute approximate surface area is 176 Å². The van der Waals surface area contributed by atoms with Gasteiger partial charge in [-0.05, 0) is 43.7 Å². The fraction of sp³-hybridized carbons (Fsp3) is 0.273. The molecule has 2 aromatic carbocycles. The molecular formula is C22H19F3N2O4. The van der Waals surface area contributed by atoms with Crippen LogP contribution in [0.1, 0.15) is 40.9 Å². The predicted octanol–water partition coefficient (Wildman–Crippen LogP) is 4.09. The molecule has 0 spiro atoms. The molecule has 2 aromatic rings. The molecule has 0 saturated heterocycles. The molecule has 0 aliphatic carbocycles. The van der Waals surface area contributed by atoms with Crippen molar-refractivity contribution < 1.29 is 32.7 Å². The van der Waals surface area contributed by atoms with Crippen LogP contribution in [0, 0.1) is 0 Å². The molecular weight excluding hydrogens is 413 g/mol. The molecule has 1 N–H and O–H groups in total. The zero-order valence-electron chi connectivity index (χ0n) is 16.7. The smallest absolute Gasteiger partial charge is 0.416 e. The number of amides is 2. The quantitative estimate of drug-likeness (QED) is 0.449. The van der Waals surface area contributed by atoms with Gasteiger partial charge in [0.25, 0.3) is 5.91 Å². The van der Waals surface area contributed by atoms with Crippen molar-refractivity contribution in [1.82, 2.24) is 9.96 Å². The molecule has 0 radical (unpaired) electrons. The van der Waals surface area contributed by atoms with E-state index in [0.717, 1.165) is 17.7 Å². The van der Waals surface area contributed by atoms with Gasteiger partial charge in [-0.2, -0.15) is 13.2 Å². The van der Waals surface area contributed by atoms with Crippen LogP contribution >= 0.6 is 0 Å². The second-order valence-electron chi connectivity index (χ2n) is 7.90. The third-order valence-electron chi connectivity index (χ3n) is 5.47. The van der Waals surface area contributed by atoms with Gasteiger partial charge in [-0.15, -0.1) is 0 Å². The summed E-state index contributed by atoms with van der Waals surface area (Å²) in [6, 6.07) is 9.98. The van der Waals surface area contributed by atoms with E-state index in [0.29, 0.717) is 16.2 Å². The van der Waals surface area contributed by atoms with Crippen molar-refractivity contribution in [2.45, 2.75) is 32.2 Å². The van der Waals surface area contributed by atoms with Crippen LogP contribution < -0.4 is 4.74 Å². The molecule has 0 atom stereocenters. The number of halogens is 3. The fourth-order valence-corrected chi connectivity index (χ4v) is 3.97. The van der Waals surface area contributed by atoms with Crippen molar-refractivity contribution >= 4 is 18.0 Å². The van der Waals surface area contributed by atoms with Crippen LogP contribution in [0.3, 0.4) is 0 Å². The highest BCUT2D eigenvalue weighted by Crippen LogP contribution is 2.46. The predicted molar refractivity (Wildman–Crippen MR) is 104 cm³/mol. The molecule has 9 heteroatoms. The molecule has 0 saturated carbocycles. The van der Waals surface area contributed by atoms with E-state index in [1.807, 2.05) is 0 Å². The van der Waals surface area contributed by atoms with E-state index in [9.17, 15) is 28.0 Å². The number of nitrogens with zero attached hydrogens (tertiary/aromatic N) is 2. The Hall–Kier alpha value is -3.33. The molecule has 0 bridgehead atoms. The van der Waals surface area contributed by atoms with E-state index in [4.69, 9.17) is 4.74 Å². The molecule has 0 aromatic heterocycles. The molecule has 2 heterocycles. The first-order chi connectivity index (χ1) is 14.5. The van der Waals surface area contributed by atoms with Crippen LogP contribution in [0.15, 0.2) is 48.0 Å². The van der Waals surface area contributed by atoms with E-state index in [2.05, 4.69) is 0 Å². The molecule has 31 heavy (non-hydrogen) atoms. The van der Waals surface area contributed by atoms with E-state index in [-0.39, 0.29) is 42.4 Å². The van der Waals surface area contributed by atoms with E-state index in [1.165, 1.54) is 11.0 Å². The second kappa shape index (κ2) is 7.12. The average molecular weight is 432 g/mol. The standard InChI is InChI=1S/C22H19F3N2O4/c1-21(2)17(11-26(30)12-28)19(27-10-13-5-3-4-6-15(13)20(27)29)16-9-14(22(23,24)25)7-8-18(16)31-21/h3-9,12,30H,10-11H2,1-2H3. The largest absolute Gasteiger partial charge is 0.483 e. The molecule has 2 amide bonds. The number of hydroxylamine groups is 2. The monoisotopic (exact) mass is 432 g/mol. The molecule has 2 aliphatic heterocycles. The van der Waals surface area contributed by atoms with Gasteiger partial charge in [-0.1, -0.05) is 18.2 Å². The number of rotatable bonds is 4. The van der Waals surface area contributed by atoms with Crippen molar-refractivity contribution in [3.8, 4) is 5.75 Å². The van der Waals surface area contributed by atoms with Crippen LogP contribution in [0.2, 0.25) is 0 Å². The lowest BCUT2D eigenvalue weighted by Gasteiger charge is -2.40. The number of ether oxygens (including phenoxy) is 1. The Balaban J connectivity index is 1.96. The summed E-state index contributed by atoms with van der Waals surface area (Å²) in [5, 5.41) is 10.2. The molecule has 2 aliphatic rings. The lowest BCUT2D eigenvalue weighted by atomic mass is 9.88. The topological polar surface area (TPSA) is 70.1 Å². The summed E-state index contributed by atoms with van der Waals surface area (Å²) >= 11 is 0. The molecule has 0 unspecified atom stereocenters. The van der Waals surface area contributed by atoms with E-state index < -0.39 is 17.3 Å². The minimum atomic E-state index is -4.60. The Bertz CT molecular complexity index is 1110. The minimum Gasteiger partial charge on any atom is -0.483 e. The fourth-order valence-electron chi connectivity index (χ4n) is 3.97. The van der Waals surface area contributed by atoms with Crippen molar-refractivity contribution in [2.75, 3.05) is 6.54 Å². The third-order valence-corrected chi connectivity index (χ3v) is 5.47. The van der Waals surface area contributed by atoms with Gasteiger partial charge in [-0.25, -0.2) is 5.06 Å². The van der Waals surface area contributed by atoms with Gasteiger partial charge in [0.1, 0.15) is 11.4 Å².